The van der Waals surface area contributed by atoms with Crippen LogP contribution in [0.15, 0.2) is 24.3 Å². The minimum Gasteiger partial charge on any atom is -0.308 e. The summed E-state index contributed by atoms with van der Waals surface area (Å²) in [6.45, 7) is 4.37. The van der Waals surface area contributed by atoms with E-state index < -0.39 is 0 Å². The van der Waals surface area contributed by atoms with E-state index in [0.717, 1.165) is 13.1 Å². The molecule has 1 aliphatic rings. The maximum absolute atomic E-state index is 3.40. The van der Waals surface area contributed by atoms with E-state index in [0.29, 0.717) is 0 Å². The number of hydrogen-bond donors (Lipinski definition) is 1. The van der Waals surface area contributed by atoms with Crippen molar-refractivity contribution in [3.63, 3.8) is 0 Å². The van der Waals surface area contributed by atoms with Crippen LogP contribution in [0, 0.1) is 6.92 Å². The lowest BCUT2D eigenvalue weighted by atomic mass is 10.2. The maximum Gasteiger partial charge on any atom is 0.0522 e. The van der Waals surface area contributed by atoms with Gasteiger partial charge in [-0.25, -0.2) is 5.43 Å². The minimum absolute atomic E-state index is 1.11. The number of aryl methyl sites for hydroxylation is 1. The Balaban J connectivity index is 2.14. The smallest absolute Gasteiger partial charge is 0.0522 e. The Hall–Kier alpha value is -1.02. The van der Waals surface area contributed by atoms with Crippen LogP contribution in [0.4, 0.5) is 5.69 Å². The standard InChI is InChI=1S/C11H16N2/c1-10-5-4-6-11(9-10)13-8-3-2-7-12-13/h4-6,9,12H,2-3,7-8H2,1H3. The Kier molecular flexibility index (Phi) is 2.50. The summed E-state index contributed by atoms with van der Waals surface area (Å²) in [5.41, 5.74) is 6.01. The Bertz CT molecular complexity index is 277. The van der Waals surface area contributed by atoms with E-state index in [2.05, 4.69) is 41.6 Å². The molecule has 0 aliphatic carbocycles. The molecule has 0 saturated carbocycles. The van der Waals surface area contributed by atoms with Gasteiger partial charge in [0.1, 0.15) is 0 Å². The number of hydrogen-bond acceptors (Lipinski definition) is 2. The van der Waals surface area contributed by atoms with Gasteiger partial charge in [0.25, 0.3) is 0 Å². The van der Waals surface area contributed by atoms with Gasteiger partial charge in [0.2, 0.25) is 0 Å². The molecule has 2 nitrogen and oxygen atoms in total. The van der Waals surface area contributed by atoms with E-state index in [1.54, 1.807) is 0 Å². The zero-order valence-electron chi connectivity index (χ0n) is 8.09. The zero-order valence-corrected chi connectivity index (χ0v) is 8.09. The molecule has 1 fully saturated rings. The molecule has 70 valence electrons. The SMILES string of the molecule is Cc1cccc(N2CCCCN2)c1. The molecule has 1 N–H and O–H groups in total. The molecule has 0 spiro atoms. The predicted molar refractivity (Wildman–Crippen MR) is 55.8 cm³/mol. The summed E-state index contributed by atoms with van der Waals surface area (Å²) in [5, 5.41) is 2.25. The molecular weight excluding hydrogens is 160 g/mol. The van der Waals surface area contributed by atoms with Gasteiger partial charge < -0.3 is 5.01 Å². The van der Waals surface area contributed by atoms with Crippen molar-refractivity contribution in [2.75, 3.05) is 18.1 Å². The summed E-state index contributed by atoms with van der Waals surface area (Å²) in [4.78, 5) is 0. The second-order valence-corrected chi connectivity index (χ2v) is 3.61. The molecule has 0 radical (unpaired) electrons. The Morgan fingerprint density at radius 2 is 2.23 bits per heavy atom. The summed E-state index contributed by atoms with van der Waals surface area (Å²) in [6.07, 6.45) is 2.59. The van der Waals surface area contributed by atoms with Crippen LogP contribution in [0.1, 0.15) is 18.4 Å². The highest BCUT2D eigenvalue weighted by atomic mass is 15.5. The van der Waals surface area contributed by atoms with Gasteiger partial charge >= 0.3 is 0 Å². The summed E-state index contributed by atoms with van der Waals surface area (Å²) >= 11 is 0. The van der Waals surface area contributed by atoms with Gasteiger partial charge in [0.05, 0.1) is 5.69 Å². The molecule has 0 amide bonds. The number of benzene rings is 1. The van der Waals surface area contributed by atoms with Crippen molar-refractivity contribution in [1.29, 1.82) is 0 Å². The quantitative estimate of drug-likeness (QED) is 0.705. The first kappa shape index (κ1) is 8.57. The van der Waals surface area contributed by atoms with Gasteiger partial charge in [0, 0.05) is 13.1 Å². The number of nitrogens with zero attached hydrogens (tertiary/aromatic N) is 1. The van der Waals surface area contributed by atoms with Crippen molar-refractivity contribution in [3.05, 3.63) is 29.8 Å². The fourth-order valence-electron chi connectivity index (χ4n) is 1.70. The van der Waals surface area contributed by atoms with Crippen molar-refractivity contribution in [2.45, 2.75) is 19.8 Å². The maximum atomic E-state index is 3.40. The third kappa shape index (κ3) is 2.01. The lowest BCUT2D eigenvalue weighted by Gasteiger charge is -2.29. The molecule has 0 bridgehead atoms. The lowest BCUT2D eigenvalue weighted by Crippen LogP contribution is -2.43. The highest BCUT2D eigenvalue weighted by molar-refractivity contribution is 5.47. The normalized spacial score (nSPS) is 17.5. The van der Waals surface area contributed by atoms with Crippen LogP contribution >= 0.6 is 0 Å². The summed E-state index contributed by atoms with van der Waals surface area (Å²) in [7, 11) is 0. The number of nitrogens with one attached hydrogen (secondary N) is 1. The summed E-state index contributed by atoms with van der Waals surface area (Å²) < 4.78 is 0. The first-order chi connectivity index (χ1) is 6.36. The molecule has 13 heavy (non-hydrogen) atoms. The second kappa shape index (κ2) is 3.79. The van der Waals surface area contributed by atoms with Crippen LogP contribution < -0.4 is 10.4 Å². The molecule has 0 unspecified atom stereocenters. The van der Waals surface area contributed by atoms with Crippen LogP contribution in [0.25, 0.3) is 0 Å². The van der Waals surface area contributed by atoms with Crippen molar-refractivity contribution < 1.29 is 0 Å². The molecule has 1 heterocycles. The third-order valence-corrected chi connectivity index (χ3v) is 2.42. The largest absolute Gasteiger partial charge is 0.308 e. The molecule has 1 saturated heterocycles. The van der Waals surface area contributed by atoms with Crippen LogP contribution in [-0.4, -0.2) is 13.1 Å². The lowest BCUT2D eigenvalue weighted by molar-refractivity contribution is 0.512. The topological polar surface area (TPSA) is 15.3 Å². The zero-order chi connectivity index (χ0) is 9.10. The van der Waals surface area contributed by atoms with Crippen LogP contribution in [0.2, 0.25) is 0 Å². The van der Waals surface area contributed by atoms with Crippen LogP contribution in [-0.2, 0) is 0 Å². The molecular formula is C11H16N2. The van der Waals surface area contributed by atoms with Gasteiger partial charge in [-0.2, -0.15) is 0 Å². The van der Waals surface area contributed by atoms with Crippen molar-refractivity contribution >= 4 is 5.69 Å². The number of rotatable bonds is 1. The average molecular weight is 176 g/mol. The van der Waals surface area contributed by atoms with Gasteiger partial charge in [-0.15, -0.1) is 0 Å². The average Bonchev–Trinajstić information content (AvgIpc) is 2.19. The van der Waals surface area contributed by atoms with Crippen molar-refractivity contribution in [1.82, 2.24) is 5.43 Å². The fraction of sp³-hybridized carbons (Fsp3) is 0.455. The van der Waals surface area contributed by atoms with E-state index in [9.17, 15) is 0 Å². The number of anilines is 1. The second-order valence-electron chi connectivity index (χ2n) is 3.61. The number of hydrazine groups is 1. The molecule has 1 aromatic carbocycles. The first-order valence-corrected chi connectivity index (χ1v) is 4.94. The molecule has 0 atom stereocenters. The highest BCUT2D eigenvalue weighted by Gasteiger charge is 2.09. The first-order valence-electron chi connectivity index (χ1n) is 4.94. The molecule has 1 aromatic rings. The van der Waals surface area contributed by atoms with Gasteiger partial charge in [-0.1, -0.05) is 12.1 Å². The van der Waals surface area contributed by atoms with Gasteiger partial charge in [-0.3, -0.25) is 0 Å². The fourth-order valence-corrected chi connectivity index (χ4v) is 1.70. The highest BCUT2D eigenvalue weighted by Crippen LogP contribution is 2.16. The molecule has 1 aliphatic heterocycles. The molecule has 2 rings (SSSR count). The van der Waals surface area contributed by atoms with E-state index >= 15 is 0 Å². The summed E-state index contributed by atoms with van der Waals surface area (Å²) in [6, 6.07) is 8.62. The Morgan fingerprint density at radius 1 is 1.31 bits per heavy atom. The minimum atomic E-state index is 1.11. The van der Waals surface area contributed by atoms with Gasteiger partial charge in [-0.05, 0) is 37.5 Å². The van der Waals surface area contributed by atoms with E-state index in [-0.39, 0.29) is 0 Å². The Morgan fingerprint density at radius 3 is 2.92 bits per heavy atom. The third-order valence-electron chi connectivity index (χ3n) is 2.42. The van der Waals surface area contributed by atoms with E-state index in [1.165, 1.54) is 24.1 Å². The summed E-state index contributed by atoms with van der Waals surface area (Å²) in [5.74, 6) is 0. The monoisotopic (exact) mass is 176 g/mol. The van der Waals surface area contributed by atoms with E-state index in [1.807, 2.05) is 0 Å². The van der Waals surface area contributed by atoms with Crippen LogP contribution in [0.3, 0.4) is 0 Å². The van der Waals surface area contributed by atoms with Crippen molar-refractivity contribution in [2.24, 2.45) is 0 Å². The van der Waals surface area contributed by atoms with Crippen molar-refractivity contribution in [3.8, 4) is 0 Å². The van der Waals surface area contributed by atoms with E-state index in [4.69, 9.17) is 0 Å². The molecule has 2 heteroatoms. The van der Waals surface area contributed by atoms with Crippen LogP contribution in [0.5, 0.6) is 0 Å². The predicted octanol–water partition coefficient (Wildman–Crippen LogP) is 2.10. The molecule has 0 aromatic heterocycles. The van der Waals surface area contributed by atoms with Gasteiger partial charge in [0.15, 0.2) is 0 Å². The Labute approximate surface area is 79.5 Å².